The highest BCUT2D eigenvalue weighted by Gasteiger charge is 2.17. The number of aromatic hydroxyl groups is 1. The molecule has 0 aliphatic carbocycles. The summed E-state index contributed by atoms with van der Waals surface area (Å²) in [6.45, 7) is 3.90. The molecule has 0 saturated heterocycles. The zero-order chi connectivity index (χ0) is 25.4. The average Bonchev–Trinajstić information content (AvgIpc) is 3.21. The number of phenolic OH excluding ortho intramolecular Hbond substituents is 1. The number of aryl methyl sites for hydroxylation is 2. The molecule has 2 N–H and O–H groups in total. The number of thiazole rings is 1. The predicted octanol–water partition coefficient (Wildman–Crippen LogP) is 7.67. The van der Waals surface area contributed by atoms with E-state index in [2.05, 4.69) is 15.3 Å². The van der Waals surface area contributed by atoms with Gasteiger partial charge in [0.2, 0.25) is 5.55 Å². The first-order chi connectivity index (χ1) is 17.3. The van der Waals surface area contributed by atoms with Gasteiger partial charge in [-0.1, -0.05) is 47.0 Å². The zero-order valence-electron chi connectivity index (χ0n) is 19.2. The van der Waals surface area contributed by atoms with Crippen molar-refractivity contribution in [2.45, 2.75) is 13.8 Å². The number of fused-ring (bicyclic) bond motifs is 1. The molecule has 0 saturated carbocycles. The van der Waals surface area contributed by atoms with Crippen LogP contribution >= 0.6 is 34.5 Å². The van der Waals surface area contributed by atoms with E-state index >= 15 is 0 Å². The van der Waals surface area contributed by atoms with E-state index in [4.69, 9.17) is 27.6 Å². The highest BCUT2D eigenvalue weighted by atomic mass is 35.5. The van der Waals surface area contributed by atoms with Crippen molar-refractivity contribution in [3.05, 3.63) is 98.3 Å². The van der Waals surface area contributed by atoms with E-state index in [1.54, 1.807) is 24.3 Å². The Bertz CT molecular complexity index is 1690. The minimum atomic E-state index is -0.422. The fourth-order valence-corrected chi connectivity index (χ4v) is 4.74. The minimum Gasteiger partial charge on any atom is -0.508 e. The smallest absolute Gasteiger partial charge is 0.262 e. The number of phenols is 1. The topological polar surface area (TPSA) is 87.7 Å². The summed E-state index contributed by atoms with van der Waals surface area (Å²) in [4.78, 5) is 23.5. The molecule has 0 bridgehead atoms. The van der Waals surface area contributed by atoms with Crippen LogP contribution in [0.3, 0.4) is 0 Å². The van der Waals surface area contributed by atoms with Crippen molar-refractivity contribution in [3.8, 4) is 17.0 Å². The van der Waals surface area contributed by atoms with Crippen molar-refractivity contribution in [1.29, 1.82) is 0 Å². The van der Waals surface area contributed by atoms with Gasteiger partial charge in [-0.3, -0.25) is 10.1 Å². The number of amides is 1. The molecule has 5 rings (SSSR count). The lowest BCUT2D eigenvalue weighted by Crippen LogP contribution is -2.21. The van der Waals surface area contributed by atoms with Gasteiger partial charge in [-0.25, -0.2) is 9.98 Å². The van der Waals surface area contributed by atoms with Gasteiger partial charge in [-0.15, -0.1) is 11.3 Å². The molecule has 0 spiro atoms. The molecule has 180 valence electrons. The second kappa shape index (κ2) is 9.78. The summed E-state index contributed by atoms with van der Waals surface area (Å²) in [5, 5.41) is 14.7. The number of carbonyl (C=O) groups is 1. The fraction of sp³-hybridized carbons (Fsp3) is 0.0741. The van der Waals surface area contributed by atoms with Crippen LogP contribution < -0.4 is 10.9 Å². The molecule has 6 nitrogen and oxygen atoms in total. The van der Waals surface area contributed by atoms with E-state index in [9.17, 15) is 9.90 Å². The first-order valence-electron chi connectivity index (χ1n) is 10.9. The molecular formula is C27H19Cl2N3O3S. The van der Waals surface area contributed by atoms with Crippen molar-refractivity contribution >= 4 is 62.2 Å². The number of carbonyl (C=O) groups excluding carboxylic acids is 1. The van der Waals surface area contributed by atoms with Crippen molar-refractivity contribution in [2.24, 2.45) is 4.99 Å². The van der Waals surface area contributed by atoms with Gasteiger partial charge in [0.15, 0.2) is 5.13 Å². The molecule has 1 amide bonds. The predicted molar refractivity (Wildman–Crippen MR) is 145 cm³/mol. The van der Waals surface area contributed by atoms with Gasteiger partial charge in [0.1, 0.15) is 16.9 Å². The molecule has 0 radical (unpaired) electrons. The Labute approximate surface area is 220 Å². The van der Waals surface area contributed by atoms with E-state index < -0.39 is 5.91 Å². The molecule has 0 aliphatic rings. The normalized spacial score (nSPS) is 11.7. The number of halogens is 2. The molecule has 0 aliphatic heterocycles. The third kappa shape index (κ3) is 4.99. The maximum atomic E-state index is 13.4. The van der Waals surface area contributed by atoms with E-state index in [1.807, 2.05) is 44.2 Å². The maximum absolute atomic E-state index is 13.4. The summed E-state index contributed by atoms with van der Waals surface area (Å²) in [7, 11) is 0. The molecule has 5 aromatic rings. The monoisotopic (exact) mass is 535 g/mol. The number of nitrogens with zero attached hydrogens (tertiary/aromatic N) is 2. The summed E-state index contributed by atoms with van der Waals surface area (Å²) in [5.74, 6) is -0.369. The molecule has 0 unspecified atom stereocenters. The summed E-state index contributed by atoms with van der Waals surface area (Å²) in [6, 6.07) is 19.2. The van der Waals surface area contributed by atoms with Crippen molar-refractivity contribution in [1.82, 2.24) is 4.98 Å². The molecule has 2 heterocycles. The second-order valence-electron chi connectivity index (χ2n) is 8.14. The quantitative estimate of drug-likeness (QED) is 0.247. The Hall–Kier alpha value is -3.65. The maximum Gasteiger partial charge on any atom is 0.262 e. The number of anilines is 1. The van der Waals surface area contributed by atoms with Crippen LogP contribution in [0.4, 0.5) is 10.8 Å². The number of benzene rings is 3. The van der Waals surface area contributed by atoms with E-state index in [1.165, 1.54) is 23.5 Å². The Morgan fingerprint density at radius 2 is 1.78 bits per heavy atom. The zero-order valence-corrected chi connectivity index (χ0v) is 21.5. The van der Waals surface area contributed by atoms with E-state index in [0.29, 0.717) is 37.5 Å². The van der Waals surface area contributed by atoms with Crippen LogP contribution in [0.5, 0.6) is 5.75 Å². The van der Waals surface area contributed by atoms with Crippen LogP contribution in [-0.4, -0.2) is 16.0 Å². The SMILES string of the molecule is Cc1ccc(N=c2oc3cc(O)ccc3cc2C(=O)Nc2nc(-c3ccc(Cl)c(Cl)c3)c(C)s2)cc1. The molecule has 3 aromatic carbocycles. The van der Waals surface area contributed by atoms with Crippen LogP contribution in [0, 0.1) is 13.8 Å². The van der Waals surface area contributed by atoms with E-state index in [-0.39, 0.29) is 16.9 Å². The fourth-order valence-electron chi connectivity index (χ4n) is 3.61. The summed E-state index contributed by atoms with van der Waals surface area (Å²) in [5.41, 5.74) is 3.98. The van der Waals surface area contributed by atoms with Crippen molar-refractivity contribution in [3.63, 3.8) is 0 Å². The Kier molecular flexibility index (Phi) is 6.53. The Morgan fingerprint density at radius 1 is 1.00 bits per heavy atom. The number of aromatic nitrogens is 1. The first kappa shape index (κ1) is 24.1. The number of hydrogen-bond acceptors (Lipinski definition) is 6. The summed E-state index contributed by atoms with van der Waals surface area (Å²) >= 11 is 13.6. The van der Waals surface area contributed by atoms with Gasteiger partial charge in [-0.2, -0.15) is 0 Å². The van der Waals surface area contributed by atoms with Gasteiger partial charge in [0.05, 0.1) is 21.4 Å². The van der Waals surface area contributed by atoms with Crippen molar-refractivity contribution < 1.29 is 14.3 Å². The number of hydrogen-bond donors (Lipinski definition) is 2. The highest BCUT2D eigenvalue weighted by molar-refractivity contribution is 7.16. The molecular weight excluding hydrogens is 517 g/mol. The lowest BCUT2D eigenvalue weighted by Gasteiger charge is -2.06. The lowest BCUT2D eigenvalue weighted by atomic mass is 10.1. The largest absolute Gasteiger partial charge is 0.508 e. The average molecular weight is 536 g/mol. The number of rotatable bonds is 4. The van der Waals surface area contributed by atoms with Gasteiger partial charge in [-0.05, 0) is 56.3 Å². The van der Waals surface area contributed by atoms with Crippen molar-refractivity contribution in [2.75, 3.05) is 5.32 Å². The molecule has 2 aromatic heterocycles. The van der Waals surface area contributed by atoms with Crippen LogP contribution in [0.1, 0.15) is 20.8 Å². The van der Waals surface area contributed by atoms with Gasteiger partial charge in [0.25, 0.3) is 5.91 Å². The van der Waals surface area contributed by atoms with E-state index in [0.717, 1.165) is 16.0 Å². The number of nitrogens with one attached hydrogen (secondary N) is 1. The third-order valence-electron chi connectivity index (χ3n) is 5.45. The molecule has 0 fully saturated rings. The Balaban J connectivity index is 1.55. The van der Waals surface area contributed by atoms with Crippen LogP contribution in [-0.2, 0) is 0 Å². The standard InChI is InChI=1S/C27H19Cl2N3O3S/c1-14-3-7-18(8-4-14)30-26-20(11-16-5-9-19(33)13-23(16)35-26)25(34)32-27-31-24(15(2)36-27)17-6-10-21(28)22(29)12-17/h3-13,33H,1-2H3,(H,31,32,34). The van der Waals surface area contributed by atoms with Crippen LogP contribution in [0.2, 0.25) is 10.0 Å². The Morgan fingerprint density at radius 3 is 2.53 bits per heavy atom. The summed E-state index contributed by atoms with van der Waals surface area (Å²) < 4.78 is 5.96. The molecule has 36 heavy (non-hydrogen) atoms. The van der Waals surface area contributed by atoms with Crippen LogP contribution in [0.15, 0.2) is 76.1 Å². The molecule has 0 atom stereocenters. The molecule has 9 heteroatoms. The minimum absolute atomic E-state index is 0.0535. The lowest BCUT2D eigenvalue weighted by molar-refractivity contribution is 0.102. The van der Waals surface area contributed by atoms with Gasteiger partial charge < -0.3 is 9.52 Å². The highest BCUT2D eigenvalue weighted by Crippen LogP contribution is 2.34. The van der Waals surface area contributed by atoms with Gasteiger partial charge >= 0.3 is 0 Å². The third-order valence-corrected chi connectivity index (χ3v) is 7.08. The van der Waals surface area contributed by atoms with Gasteiger partial charge in [0, 0.05) is 21.9 Å². The summed E-state index contributed by atoms with van der Waals surface area (Å²) in [6.07, 6.45) is 0. The second-order valence-corrected chi connectivity index (χ2v) is 10.2. The van der Waals surface area contributed by atoms with Crippen LogP contribution in [0.25, 0.3) is 22.2 Å². The first-order valence-corrected chi connectivity index (χ1v) is 12.5.